The van der Waals surface area contributed by atoms with Crippen molar-refractivity contribution < 1.29 is 9.53 Å². The highest BCUT2D eigenvalue weighted by molar-refractivity contribution is 6.34. The van der Waals surface area contributed by atoms with Crippen LogP contribution in [0.4, 0.5) is 11.4 Å². The molecule has 1 aromatic rings. The largest absolute Gasteiger partial charge is 0.462 e. The molecule has 0 saturated heterocycles. The summed E-state index contributed by atoms with van der Waals surface area (Å²) in [7, 11) is 0. The van der Waals surface area contributed by atoms with Crippen molar-refractivity contribution in [3.05, 3.63) is 22.7 Å². The monoisotopic (exact) mass is 312 g/mol. The molecule has 21 heavy (non-hydrogen) atoms. The van der Waals surface area contributed by atoms with Gasteiger partial charge in [0.15, 0.2) is 0 Å². The van der Waals surface area contributed by atoms with Crippen molar-refractivity contribution in [3.63, 3.8) is 0 Å². The highest BCUT2D eigenvalue weighted by Crippen LogP contribution is 2.31. The SMILES string of the molecule is CCOC(=O)c1cc(N)cc(Cl)c1NC(C)CCC(C)C. The second-order valence-corrected chi connectivity index (χ2v) is 6.07. The topological polar surface area (TPSA) is 64.3 Å². The summed E-state index contributed by atoms with van der Waals surface area (Å²) in [5, 5.41) is 3.75. The fraction of sp³-hybridized carbons (Fsp3) is 0.562. The van der Waals surface area contributed by atoms with E-state index in [1.54, 1.807) is 19.1 Å². The maximum atomic E-state index is 12.0. The fourth-order valence-corrected chi connectivity index (χ4v) is 2.33. The van der Waals surface area contributed by atoms with E-state index in [1.165, 1.54) is 0 Å². The molecule has 1 aromatic carbocycles. The van der Waals surface area contributed by atoms with Gasteiger partial charge in [-0.3, -0.25) is 0 Å². The number of hydrogen-bond donors (Lipinski definition) is 2. The maximum Gasteiger partial charge on any atom is 0.340 e. The highest BCUT2D eigenvalue weighted by atomic mass is 35.5. The Balaban J connectivity index is 2.96. The van der Waals surface area contributed by atoms with Gasteiger partial charge in [-0.25, -0.2) is 4.79 Å². The third-order valence-electron chi connectivity index (χ3n) is 3.18. The third kappa shape index (κ3) is 5.46. The van der Waals surface area contributed by atoms with Gasteiger partial charge < -0.3 is 15.8 Å². The number of rotatable bonds is 7. The molecule has 0 spiro atoms. The number of carbonyl (C=O) groups excluding carboxylic acids is 1. The minimum absolute atomic E-state index is 0.210. The molecule has 0 aliphatic carbocycles. The van der Waals surface area contributed by atoms with Crippen LogP contribution >= 0.6 is 11.6 Å². The number of ether oxygens (including phenoxy) is 1. The Bertz CT molecular complexity index is 489. The summed E-state index contributed by atoms with van der Waals surface area (Å²) in [5.74, 6) is 0.228. The van der Waals surface area contributed by atoms with E-state index in [1.807, 2.05) is 0 Å². The summed E-state index contributed by atoms with van der Waals surface area (Å²) >= 11 is 6.24. The normalized spacial score (nSPS) is 12.3. The van der Waals surface area contributed by atoms with Crippen molar-refractivity contribution >= 4 is 28.9 Å². The van der Waals surface area contributed by atoms with Gasteiger partial charge in [-0.1, -0.05) is 25.4 Å². The summed E-state index contributed by atoms with van der Waals surface area (Å²) in [6, 6.07) is 3.45. The summed E-state index contributed by atoms with van der Waals surface area (Å²) in [6.45, 7) is 8.53. The van der Waals surface area contributed by atoms with E-state index in [2.05, 4.69) is 26.1 Å². The van der Waals surface area contributed by atoms with Crippen LogP contribution in [0.3, 0.4) is 0 Å². The molecule has 0 saturated carbocycles. The summed E-state index contributed by atoms with van der Waals surface area (Å²) in [4.78, 5) is 12.0. The number of nitrogen functional groups attached to an aromatic ring is 1. The number of nitrogens with one attached hydrogen (secondary N) is 1. The number of esters is 1. The van der Waals surface area contributed by atoms with Gasteiger partial charge in [0.2, 0.25) is 0 Å². The van der Waals surface area contributed by atoms with Gasteiger partial charge >= 0.3 is 5.97 Å². The molecule has 0 bridgehead atoms. The molecule has 118 valence electrons. The number of carbonyl (C=O) groups is 1. The van der Waals surface area contributed by atoms with Crippen LogP contribution in [0.1, 0.15) is 50.9 Å². The average Bonchev–Trinajstić information content (AvgIpc) is 2.39. The molecule has 4 nitrogen and oxygen atoms in total. The first-order valence-electron chi connectivity index (χ1n) is 7.37. The zero-order chi connectivity index (χ0) is 16.0. The molecule has 0 aromatic heterocycles. The first-order valence-corrected chi connectivity index (χ1v) is 7.75. The second-order valence-electron chi connectivity index (χ2n) is 5.66. The zero-order valence-corrected chi connectivity index (χ0v) is 14.0. The van der Waals surface area contributed by atoms with Crippen molar-refractivity contribution in [2.24, 2.45) is 5.92 Å². The molecule has 3 N–H and O–H groups in total. The molecule has 1 atom stereocenters. The lowest BCUT2D eigenvalue weighted by Crippen LogP contribution is -2.19. The molecule has 0 radical (unpaired) electrons. The van der Waals surface area contributed by atoms with Gasteiger partial charge in [0, 0.05) is 11.7 Å². The van der Waals surface area contributed by atoms with Crippen LogP contribution in [-0.2, 0) is 4.74 Å². The zero-order valence-electron chi connectivity index (χ0n) is 13.2. The van der Waals surface area contributed by atoms with E-state index < -0.39 is 5.97 Å². The minimum atomic E-state index is -0.412. The molecule has 1 unspecified atom stereocenters. The number of benzene rings is 1. The second kappa shape index (κ2) is 8.13. The number of hydrogen-bond acceptors (Lipinski definition) is 4. The molecular weight excluding hydrogens is 288 g/mol. The van der Waals surface area contributed by atoms with E-state index in [4.69, 9.17) is 22.1 Å². The summed E-state index contributed by atoms with van der Waals surface area (Å²) < 4.78 is 5.07. The van der Waals surface area contributed by atoms with E-state index in [9.17, 15) is 4.79 Å². The molecular formula is C16H25ClN2O2. The van der Waals surface area contributed by atoms with Crippen LogP contribution in [0.2, 0.25) is 5.02 Å². The standard InChI is InChI=1S/C16H25ClN2O2/c1-5-21-16(20)13-8-12(18)9-14(17)15(13)19-11(4)7-6-10(2)3/h8-11,19H,5-7,18H2,1-4H3. The Morgan fingerprint density at radius 3 is 2.57 bits per heavy atom. The number of nitrogens with two attached hydrogens (primary N) is 1. The van der Waals surface area contributed by atoms with E-state index in [0.717, 1.165) is 12.8 Å². The summed E-state index contributed by atoms with van der Waals surface area (Å²) in [5.41, 5.74) is 7.20. The van der Waals surface area contributed by atoms with Gasteiger partial charge in [0.1, 0.15) is 0 Å². The van der Waals surface area contributed by atoms with E-state index >= 15 is 0 Å². The number of anilines is 2. The molecule has 1 rings (SSSR count). The Hall–Kier alpha value is -1.42. The van der Waals surface area contributed by atoms with Crippen molar-refractivity contribution in [2.75, 3.05) is 17.7 Å². The van der Waals surface area contributed by atoms with Crippen LogP contribution < -0.4 is 11.1 Å². The Morgan fingerprint density at radius 2 is 2.00 bits per heavy atom. The van der Waals surface area contributed by atoms with Crippen LogP contribution in [0.25, 0.3) is 0 Å². The van der Waals surface area contributed by atoms with Crippen LogP contribution in [0.15, 0.2) is 12.1 Å². The van der Waals surface area contributed by atoms with E-state index in [-0.39, 0.29) is 6.04 Å². The van der Waals surface area contributed by atoms with Gasteiger partial charge in [0.05, 0.1) is 22.9 Å². The van der Waals surface area contributed by atoms with Crippen molar-refractivity contribution in [1.29, 1.82) is 0 Å². The van der Waals surface area contributed by atoms with Crippen LogP contribution in [0.5, 0.6) is 0 Å². The van der Waals surface area contributed by atoms with Crippen molar-refractivity contribution in [1.82, 2.24) is 0 Å². The predicted octanol–water partition coefficient (Wildman–Crippen LogP) is 4.34. The highest BCUT2D eigenvalue weighted by Gasteiger charge is 2.18. The quantitative estimate of drug-likeness (QED) is 0.581. The van der Waals surface area contributed by atoms with E-state index in [0.29, 0.717) is 34.5 Å². The number of halogens is 1. The third-order valence-corrected chi connectivity index (χ3v) is 3.47. The first kappa shape index (κ1) is 17.6. The molecule has 5 heteroatoms. The fourth-order valence-electron chi connectivity index (χ4n) is 2.05. The lowest BCUT2D eigenvalue weighted by atomic mass is 10.0. The smallest absolute Gasteiger partial charge is 0.340 e. The van der Waals surface area contributed by atoms with Crippen LogP contribution in [0, 0.1) is 5.92 Å². The minimum Gasteiger partial charge on any atom is -0.462 e. The van der Waals surface area contributed by atoms with Gasteiger partial charge in [-0.15, -0.1) is 0 Å². The maximum absolute atomic E-state index is 12.0. The van der Waals surface area contributed by atoms with Crippen LogP contribution in [-0.4, -0.2) is 18.6 Å². The first-order chi connectivity index (χ1) is 9.85. The van der Waals surface area contributed by atoms with Gasteiger partial charge in [-0.2, -0.15) is 0 Å². The molecule has 0 aliphatic heterocycles. The van der Waals surface area contributed by atoms with Gasteiger partial charge in [0.25, 0.3) is 0 Å². The summed E-state index contributed by atoms with van der Waals surface area (Å²) in [6.07, 6.45) is 2.11. The lowest BCUT2D eigenvalue weighted by Gasteiger charge is -2.20. The molecule has 0 fully saturated rings. The Kier molecular flexibility index (Phi) is 6.82. The Morgan fingerprint density at radius 1 is 1.33 bits per heavy atom. The lowest BCUT2D eigenvalue weighted by molar-refractivity contribution is 0.0527. The molecule has 0 heterocycles. The Labute approximate surface area is 132 Å². The van der Waals surface area contributed by atoms with Gasteiger partial charge in [-0.05, 0) is 44.7 Å². The average molecular weight is 313 g/mol. The predicted molar refractivity (Wildman–Crippen MR) is 89.0 cm³/mol. The molecule has 0 amide bonds. The van der Waals surface area contributed by atoms with Crippen molar-refractivity contribution in [2.45, 2.75) is 46.6 Å². The molecule has 0 aliphatic rings. The van der Waals surface area contributed by atoms with Crippen molar-refractivity contribution in [3.8, 4) is 0 Å².